The van der Waals surface area contributed by atoms with Crippen LogP contribution in [0.25, 0.3) is 0 Å². The Bertz CT molecular complexity index is 409. The number of halogens is 1. The lowest BCUT2D eigenvalue weighted by molar-refractivity contribution is 0.0951. The average Bonchev–Trinajstić information content (AvgIpc) is 2.25. The van der Waals surface area contributed by atoms with Gasteiger partial charge in [-0.05, 0) is 40.8 Å². The van der Waals surface area contributed by atoms with Crippen molar-refractivity contribution in [3.8, 4) is 0 Å². The van der Waals surface area contributed by atoms with Crippen LogP contribution in [-0.2, 0) is 0 Å². The van der Waals surface area contributed by atoms with E-state index in [0.29, 0.717) is 17.1 Å². The first-order valence-corrected chi connectivity index (χ1v) is 6.32. The van der Waals surface area contributed by atoms with Crippen molar-refractivity contribution in [3.05, 3.63) is 33.4 Å². The van der Waals surface area contributed by atoms with Crippen LogP contribution in [0.5, 0.6) is 0 Å². The van der Waals surface area contributed by atoms with Gasteiger partial charge in [0, 0.05) is 21.6 Å². The fraction of sp³-hybridized carbons (Fsp3) is 0.273. The summed E-state index contributed by atoms with van der Waals surface area (Å²) in [6.07, 6.45) is 0. The molecule has 0 aliphatic heterocycles. The molecule has 1 rings (SSSR count). The molecule has 5 heteroatoms. The number of hydrogen-bond acceptors (Lipinski definition) is 2. The number of amides is 1. The Balaban J connectivity index is 2.56. The number of carbonyl (C=O) groups excluding carboxylic acids is 1. The number of nitrogens with two attached hydrogens (primary N) is 1. The van der Waals surface area contributed by atoms with Crippen LogP contribution < -0.4 is 11.1 Å². The first kappa shape index (κ1) is 13.4. The van der Waals surface area contributed by atoms with Gasteiger partial charge in [-0.15, -0.1) is 0 Å². The molecule has 1 atom stereocenters. The van der Waals surface area contributed by atoms with E-state index in [2.05, 4.69) is 27.9 Å². The quantitative estimate of drug-likeness (QED) is 0.646. The summed E-state index contributed by atoms with van der Waals surface area (Å²) >= 11 is 7.00. The summed E-state index contributed by atoms with van der Waals surface area (Å²) in [6.45, 7) is 2.36. The maximum absolute atomic E-state index is 11.7. The molecule has 0 aliphatic rings. The molecule has 1 unspecified atom stereocenters. The van der Waals surface area contributed by atoms with Crippen molar-refractivity contribution in [2.45, 2.75) is 6.92 Å². The summed E-state index contributed by atoms with van der Waals surface area (Å²) in [5, 5.41) is 2.80. The highest BCUT2D eigenvalue weighted by atomic mass is 127. The highest BCUT2D eigenvalue weighted by Crippen LogP contribution is 2.07. The zero-order valence-corrected chi connectivity index (χ0v) is 11.8. The van der Waals surface area contributed by atoms with Crippen molar-refractivity contribution < 1.29 is 4.79 Å². The van der Waals surface area contributed by atoms with E-state index >= 15 is 0 Å². The zero-order valence-electron chi connectivity index (χ0n) is 8.87. The van der Waals surface area contributed by atoms with Crippen molar-refractivity contribution in [2.75, 3.05) is 6.54 Å². The second-order valence-electron chi connectivity index (χ2n) is 3.52. The van der Waals surface area contributed by atoms with Gasteiger partial charge in [0.2, 0.25) is 0 Å². The van der Waals surface area contributed by atoms with Gasteiger partial charge in [0.05, 0.1) is 4.99 Å². The van der Waals surface area contributed by atoms with Gasteiger partial charge in [-0.25, -0.2) is 0 Å². The molecule has 1 aromatic rings. The normalized spacial score (nSPS) is 11.9. The first-order valence-electron chi connectivity index (χ1n) is 4.84. The van der Waals surface area contributed by atoms with Gasteiger partial charge >= 0.3 is 0 Å². The molecule has 0 saturated carbocycles. The van der Waals surface area contributed by atoms with Crippen LogP contribution in [-0.4, -0.2) is 17.4 Å². The van der Waals surface area contributed by atoms with E-state index in [-0.39, 0.29) is 11.8 Å². The fourth-order valence-corrected chi connectivity index (χ4v) is 1.70. The molecule has 0 radical (unpaired) electrons. The number of rotatable bonds is 4. The molecular weight excluding hydrogens is 335 g/mol. The summed E-state index contributed by atoms with van der Waals surface area (Å²) in [5.41, 5.74) is 6.12. The topological polar surface area (TPSA) is 55.1 Å². The lowest BCUT2D eigenvalue weighted by Crippen LogP contribution is -2.33. The van der Waals surface area contributed by atoms with E-state index in [1.54, 1.807) is 6.07 Å². The van der Waals surface area contributed by atoms with E-state index in [9.17, 15) is 4.79 Å². The second-order valence-corrected chi connectivity index (χ2v) is 5.24. The van der Waals surface area contributed by atoms with Gasteiger partial charge in [-0.2, -0.15) is 0 Å². The highest BCUT2D eigenvalue weighted by Gasteiger charge is 2.09. The molecule has 1 aromatic carbocycles. The maximum atomic E-state index is 11.7. The predicted molar refractivity (Wildman–Crippen MR) is 77.4 cm³/mol. The summed E-state index contributed by atoms with van der Waals surface area (Å²) in [6, 6.07) is 7.41. The van der Waals surface area contributed by atoms with Crippen molar-refractivity contribution >= 4 is 45.7 Å². The summed E-state index contributed by atoms with van der Waals surface area (Å²) in [5.74, 6) is -0.0802. The number of hydrogen-bond donors (Lipinski definition) is 2. The van der Waals surface area contributed by atoms with Crippen LogP contribution >= 0.6 is 34.8 Å². The molecule has 0 spiro atoms. The first-order chi connectivity index (χ1) is 7.50. The second kappa shape index (κ2) is 6.15. The number of thiocarbonyl (C=S) groups is 1. The van der Waals surface area contributed by atoms with Gasteiger partial charge in [-0.3, -0.25) is 4.79 Å². The molecule has 0 aliphatic carbocycles. The smallest absolute Gasteiger partial charge is 0.251 e. The molecule has 0 heterocycles. The Hall–Kier alpha value is -0.690. The Morgan fingerprint density at radius 1 is 1.62 bits per heavy atom. The maximum Gasteiger partial charge on any atom is 0.251 e. The lowest BCUT2D eigenvalue weighted by Gasteiger charge is -2.10. The third-order valence-corrected chi connectivity index (χ3v) is 3.21. The van der Waals surface area contributed by atoms with Crippen molar-refractivity contribution in [2.24, 2.45) is 11.7 Å². The minimum atomic E-state index is -0.0957. The molecule has 0 saturated heterocycles. The standard InChI is InChI=1S/C11H13IN2OS/c1-7(10(13)16)6-14-11(15)8-3-2-4-9(12)5-8/h2-5,7H,6H2,1H3,(H2,13,16)(H,14,15). The SMILES string of the molecule is CC(CNC(=O)c1cccc(I)c1)C(N)=S. The summed E-state index contributed by atoms with van der Waals surface area (Å²) in [4.78, 5) is 12.1. The van der Waals surface area contributed by atoms with Crippen LogP contribution in [0.3, 0.4) is 0 Å². The third-order valence-electron chi connectivity index (χ3n) is 2.14. The monoisotopic (exact) mass is 348 g/mol. The average molecular weight is 348 g/mol. The fourth-order valence-electron chi connectivity index (χ4n) is 1.08. The van der Waals surface area contributed by atoms with E-state index in [1.165, 1.54) is 0 Å². The number of nitrogens with one attached hydrogen (secondary N) is 1. The van der Waals surface area contributed by atoms with Crippen LogP contribution in [0.1, 0.15) is 17.3 Å². The Kier molecular flexibility index (Phi) is 5.14. The number of benzene rings is 1. The minimum Gasteiger partial charge on any atom is -0.393 e. The van der Waals surface area contributed by atoms with Crippen LogP contribution in [0.15, 0.2) is 24.3 Å². The lowest BCUT2D eigenvalue weighted by atomic mass is 10.1. The van der Waals surface area contributed by atoms with Crippen LogP contribution in [0.2, 0.25) is 0 Å². The molecule has 0 aromatic heterocycles. The molecular formula is C11H13IN2OS. The highest BCUT2D eigenvalue weighted by molar-refractivity contribution is 14.1. The van der Waals surface area contributed by atoms with E-state index in [1.807, 2.05) is 25.1 Å². The molecule has 0 fully saturated rings. The third kappa shape index (κ3) is 4.05. The summed E-state index contributed by atoms with van der Waals surface area (Å²) in [7, 11) is 0. The van der Waals surface area contributed by atoms with Crippen molar-refractivity contribution in [3.63, 3.8) is 0 Å². The van der Waals surface area contributed by atoms with Crippen LogP contribution in [0.4, 0.5) is 0 Å². The molecule has 86 valence electrons. The number of carbonyl (C=O) groups is 1. The van der Waals surface area contributed by atoms with E-state index in [0.717, 1.165) is 3.57 Å². The van der Waals surface area contributed by atoms with Gasteiger partial charge in [0.15, 0.2) is 0 Å². The van der Waals surface area contributed by atoms with Gasteiger partial charge < -0.3 is 11.1 Å². The predicted octanol–water partition coefficient (Wildman–Crippen LogP) is 1.94. The van der Waals surface area contributed by atoms with Crippen molar-refractivity contribution in [1.29, 1.82) is 0 Å². The van der Waals surface area contributed by atoms with Gasteiger partial charge in [-0.1, -0.05) is 25.2 Å². The van der Waals surface area contributed by atoms with E-state index < -0.39 is 0 Å². The Morgan fingerprint density at radius 3 is 2.88 bits per heavy atom. The Morgan fingerprint density at radius 2 is 2.31 bits per heavy atom. The molecule has 3 N–H and O–H groups in total. The van der Waals surface area contributed by atoms with E-state index in [4.69, 9.17) is 18.0 Å². The molecule has 0 bridgehead atoms. The largest absolute Gasteiger partial charge is 0.393 e. The zero-order chi connectivity index (χ0) is 12.1. The summed E-state index contributed by atoms with van der Waals surface area (Å²) < 4.78 is 1.03. The molecule has 16 heavy (non-hydrogen) atoms. The molecule has 3 nitrogen and oxygen atoms in total. The van der Waals surface area contributed by atoms with Crippen molar-refractivity contribution in [1.82, 2.24) is 5.32 Å². The molecule has 1 amide bonds. The van der Waals surface area contributed by atoms with Gasteiger partial charge in [0.25, 0.3) is 5.91 Å². The van der Waals surface area contributed by atoms with Gasteiger partial charge in [0.1, 0.15) is 0 Å². The minimum absolute atomic E-state index is 0.0155. The Labute approximate surface area is 114 Å². The van der Waals surface area contributed by atoms with Crippen LogP contribution in [0, 0.1) is 9.49 Å².